The van der Waals surface area contributed by atoms with Crippen molar-refractivity contribution in [1.82, 2.24) is 15.2 Å². The molecule has 0 aliphatic carbocycles. The van der Waals surface area contributed by atoms with Crippen molar-refractivity contribution in [1.29, 1.82) is 5.26 Å². The monoisotopic (exact) mass is 438 g/mol. The smallest absolute Gasteiger partial charge is 0.253 e. The average molecular weight is 439 g/mol. The number of amides is 2. The topological polar surface area (TPSA) is 86.1 Å². The molecule has 0 atom stereocenters. The standard InChI is InChI=1S/C27H26N4O2/c1-18-5-8-25(24(11-18)15-28)21-12-22(14-23(13-21)27(33)31-9-3-4-10-31)26(32)30-17-20-7-6-19(2)29-16-20/h5-8,11-14,16H,3-4,9-10,17H2,1-2H3,(H,30,32). The molecule has 2 amide bonds. The maximum absolute atomic E-state index is 13.1. The molecular weight excluding hydrogens is 412 g/mol. The largest absolute Gasteiger partial charge is 0.348 e. The molecule has 1 aliphatic heterocycles. The first-order valence-corrected chi connectivity index (χ1v) is 11.1. The average Bonchev–Trinajstić information content (AvgIpc) is 3.37. The van der Waals surface area contributed by atoms with Crippen LogP contribution < -0.4 is 5.32 Å². The number of benzene rings is 2. The number of carbonyl (C=O) groups is 2. The minimum atomic E-state index is -0.279. The van der Waals surface area contributed by atoms with Crippen LogP contribution in [0.5, 0.6) is 0 Å². The summed E-state index contributed by atoms with van der Waals surface area (Å²) >= 11 is 0. The predicted molar refractivity (Wildman–Crippen MR) is 127 cm³/mol. The van der Waals surface area contributed by atoms with Gasteiger partial charge in [-0.3, -0.25) is 14.6 Å². The molecule has 0 saturated carbocycles. The highest BCUT2D eigenvalue weighted by Crippen LogP contribution is 2.28. The number of nitriles is 1. The molecule has 2 aromatic carbocycles. The van der Waals surface area contributed by atoms with Gasteiger partial charge in [-0.25, -0.2) is 0 Å². The van der Waals surface area contributed by atoms with Crippen molar-refractivity contribution < 1.29 is 9.59 Å². The molecule has 166 valence electrons. The van der Waals surface area contributed by atoms with Gasteiger partial charge in [0, 0.05) is 42.7 Å². The van der Waals surface area contributed by atoms with Crippen LogP contribution >= 0.6 is 0 Å². The third kappa shape index (κ3) is 5.09. The van der Waals surface area contributed by atoms with E-state index in [0.29, 0.717) is 34.4 Å². The second kappa shape index (κ2) is 9.66. The molecule has 0 spiro atoms. The summed E-state index contributed by atoms with van der Waals surface area (Å²) in [5.74, 6) is -0.365. The van der Waals surface area contributed by atoms with Crippen molar-refractivity contribution >= 4 is 11.8 Å². The maximum Gasteiger partial charge on any atom is 0.253 e. The van der Waals surface area contributed by atoms with Crippen LogP contribution in [0.1, 0.15) is 55.9 Å². The van der Waals surface area contributed by atoms with Crippen LogP contribution in [0.2, 0.25) is 0 Å². The molecule has 0 bridgehead atoms. The quantitative estimate of drug-likeness (QED) is 0.640. The van der Waals surface area contributed by atoms with Crippen molar-refractivity contribution in [3.63, 3.8) is 0 Å². The van der Waals surface area contributed by atoms with Gasteiger partial charge in [-0.15, -0.1) is 0 Å². The van der Waals surface area contributed by atoms with Gasteiger partial charge in [0.1, 0.15) is 0 Å². The second-order valence-corrected chi connectivity index (χ2v) is 8.45. The number of aryl methyl sites for hydroxylation is 2. The van der Waals surface area contributed by atoms with E-state index in [-0.39, 0.29) is 11.8 Å². The van der Waals surface area contributed by atoms with E-state index in [4.69, 9.17) is 0 Å². The Hall–Kier alpha value is -3.98. The van der Waals surface area contributed by atoms with Gasteiger partial charge in [-0.2, -0.15) is 5.26 Å². The van der Waals surface area contributed by atoms with E-state index in [2.05, 4.69) is 16.4 Å². The lowest BCUT2D eigenvalue weighted by atomic mass is 9.94. The summed E-state index contributed by atoms with van der Waals surface area (Å²) in [4.78, 5) is 32.3. The summed E-state index contributed by atoms with van der Waals surface area (Å²) in [5, 5.41) is 12.6. The van der Waals surface area contributed by atoms with Crippen LogP contribution in [0.4, 0.5) is 0 Å². The van der Waals surface area contributed by atoms with Crippen LogP contribution in [0.25, 0.3) is 11.1 Å². The van der Waals surface area contributed by atoms with Crippen molar-refractivity contribution in [2.24, 2.45) is 0 Å². The fraction of sp³-hybridized carbons (Fsp3) is 0.259. The Labute approximate surface area is 193 Å². The number of nitrogens with zero attached hydrogens (tertiary/aromatic N) is 3. The van der Waals surface area contributed by atoms with Crippen molar-refractivity contribution in [2.75, 3.05) is 13.1 Å². The third-order valence-corrected chi connectivity index (χ3v) is 5.87. The highest BCUT2D eigenvalue weighted by Gasteiger charge is 2.22. The molecule has 0 radical (unpaired) electrons. The summed E-state index contributed by atoms with van der Waals surface area (Å²) in [6.07, 6.45) is 3.71. The molecule has 3 aromatic rings. The van der Waals surface area contributed by atoms with Gasteiger partial charge in [0.05, 0.1) is 11.6 Å². The van der Waals surface area contributed by atoms with Gasteiger partial charge < -0.3 is 10.2 Å². The summed E-state index contributed by atoms with van der Waals surface area (Å²) in [5.41, 5.74) is 5.52. The molecule has 4 rings (SSSR count). The molecule has 1 fully saturated rings. The maximum atomic E-state index is 13.1. The molecule has 6 nitrogen and oxygen atoms in total. The lowest BCUT2D eigenvalue weighted by molar-refractivity contribution is 0.0793. The summed E-state index contributed by atoms with van der Waals surface area (Å²) in [6, 6.07) is 16.8. The number of pyridine rings is 1. The lowest BCUT2D eigenvalue weighted by Gasteiger charge is -2.17. The molecular formula is C27H26N4O2. The molecule has 0 unspecified atom stereocenters. The van der Waals surface area contributed by atoms with E-state index in [1.165, 1.54) is 0 Å². The number of hydrogen-bond donors (Lipinski definition) is 1. The second-order valence-electron chi connectivity index (χ2n) is 8.45. The van der Waals surface area contributed by atoms with E-state index in [9.17, 15) is 14.9 Å². The summed E-state index contributed by atoms with van der Waals surface area (Å²) < 4.78 is 0. The fourth-order valence-electron chi connectivity index (χ4n) is 4.03. The van der Waals surface area contributed by atoms with E-state index >= 15 is 0 Å². The minimum Gasteiger partial charge on any atom is -0.348 e. The predicted octanol–water partition coefficient (Wildman–Crippen LogP) is 4.40. The van der Waals surface area contributed by atoms with E-state index in [1.54, 1.807) is 24.4 Å². The SMILES string of the molecule is Cc1ccc(-c2cc(C(=O)NCc3ccc(C)nc3)cc(C(=O)N3CCCC3)c2)c(C#N)c1. The minimum absolute atomic E-state index is 0.0863. The molecule has 1 aromatic heterocycles. The Morgan fingerprint density at radius 1 is 1.03 bits per heavy atom. The molecule has 1 N–H and O–H groups in total. The summed E-state index contributed by atoms with van der Waals surface area (Å²) in [7, 11) is 0. The first-order chi connectivity index (χ1) is 15.9. The number of rotatable bonds is 5. The van der Waals surface area contributed by atoms with Gasteiger partial charge in [0.2, 0.25) is 0 Å². The Morgan fingerprint density at radius 2 is 1.79 bits per heavy atom. The van der Waals surface area contributed by atoms with Gasteiger partial charge >= 0.3 is 0 Å². The van der Waals surface area contributed by atoms with E-state index < -0.39 is 0 Å². The van der Waals surface area contributed by atoms with E-state index in [1.807, 2.05) is 49.1 Å². The molecule has 6 heteroatoms. The van der Waals surface area contributed by atoms with Crippen molar-refractivity contribution in [3.8, 4) is 17.2 Å². The van der Waals surface area contributed by atoms with Crippen LogP contribution in [-0.4, -0.2) is 34.8 Å². The first kappa shape index (κ1) is 22.2. The Balaban J connectivity index is 1.69. The number of hydrogen-bond acceptors (Lipinski definition) is 4. The number of carbonyl (C=O) groups excluding carboxylic acids is 2. The molecule has 33 heavy (non-hydrogen) atoms. The highest BCUT2D eigenvalue weighted by atomic mass is 16.2. The van der Waals surface area contributed by atoms with Crippen LogP contribution in [0, 0.1) is 25.2 Å². The van der Waals surface area contributed by atoms with Gasteiger partial charge in [0.15, 0.2) is 0 Å². The zero-order valence-corrected chi connectivity index (χ0v) is 18.9. The van der Waals surface area contributed by atoms with Gasteiger partial charge in [0.25, 0.3) is 11.8 Å². The zero-order valence-electron chi connectivity index (χ0n) is 18.9. The highest BCUT2D eigenvalue weighted by molar-refractivity contribution is 6.01. The van der Waals surface area contributed by atoms with Crippen LogP contribution in [-0.2, 0) is 6.54 Å². The zero-order chi connectivity index (χ0) is 23.4. The van der Waals surface area contributed by atoms with Gasteiger partial charge in [-0.1, -0.05) is 18.2 Å². The number of nitrogens with one attached hydrogen (secondary N) is 1. The van der Waals surface area contributed by atoms with Gasteiger partial charge in [-0.05, 0) is 79.3 Å². The van der Waals surface area contributed by atoms with E-state index in [0.717, 1.165) is 42.8 Å². The Morgan fingerprint density at radius 3 is 2.48 bits per heavy atom. The molecule has 1 saturated heterocycles. The fourth-order valence-corrected chi connectivity index (χ4v) is 4.03. The number of likely N-dealkylation sites (tertiary alicyclic amines) is 1. The third-order valence-electron chi connectivity index (χ3n) is 5.87. The molecule has 1 aliphatic rings. The molecule has 2 heterocycles. The Bertz CT molecular complexity index is 1240. The summed E-state index contributed by atoms with van der Waals surface area (Å²) in [6.45, 7) is 5.61. The van der Waals surface area contributed by atoms with Crippen molar-refractivity contribution in [2.45, 2.75) is 33.2 Å². The van der Waals surface area contributed by atoms with Crippen LogP contribution in [0.3, 0.4) is 0 Å². The van der Waals surface area contributed by atoms with Crippen LogP contribution in [0.15, 0.2) is 54.7 Å². The first-order valence-electron chi connectivity index (χ1n) is 11.1. The Kier molecular flexibility index (Phi) is 6.50. The van der Waals surface area contributed by atoms with Crippen molar-refractivity contribution in [3.05, 3.63) is 88.2 Å². The lowest BCUT2D eigenvalue weighted by Crippen LogP contribution is -2.28. The number of aromatic nitrogens is 1. The normalized spacial score (nSPS) is 12.9.